The fourth-order valence-electron chi connectivity index (χ4n) is 1.04. The van der Waals surface area contributed by atoms with Crippen LogP contribution in [0.4, 0.5) is 5.69 Å². The minimum absolute atomic E-state index is 0.111. The number of nitrogens with zero attached hydrogens (tertiary/aromatic N) is 1. The molecule has 0 radical (unpaired) electrons. The first-order valence-electron chi connectivity index (χ1n) is 3.89. The van der Waals surface area contributed by atoms with Crippen LogP contribution in [0.2, 0.25) is 0 Å². The maximum Gasteiger partial charge on any atom is 0.317 e. The number of anilines is 1. The summed E-state index contributed by atoms with van der Waals surface area (Å²) in [6.45, 7) is 0. The number of nitrogens with two attached hydrogens (primary N) is 1. The van der Waals surface area contributed by atoms with Crippen LogP contribution in [-0.4, -0.2) is 21.4 Å². The van der Waals surface area contributed by atoms with Gasteiger partial charge in [0.15, 0.2) is 0 Å². The largest absolute Gasteiger partial charge is 0.508 e. The molecule has 0 saturated carbocycles. The summed E-state index contributed by atoms with van der Waals surface area (Å²) in [5, 5.41) is 28.4. The van der Waals surface area contributed by atoms with Crippen molar-refractivity contribution in [1.82, 2.24) is 0 Å². The monoisotopic (exact) mass is 198 g/mol. The fourth-order valence-corrected chi connectivity index (χ4v) is 1.04. The van der Waals surface area contributed by atoms with Crippen LogP contribution in [0.1, 0.15) is 5.56 Å². The molecule has 76 valence electrons. The summed E-state index contributed by atoms with van der Waals surface area (Å²) in [6, 6.07) is 4.19. The van der Waals surface area contributed by atoms with Gasteiger partial charge in [-0.1, -0.05) is 0 Å². The van der Waals surface area contributed by atoms with Gasteiger partial charge in [-0.25, -0.2) is 0 Å². The van der Waals surface area contributed by atoms with Crippen LogP contribution >= 0.6 is 0 Å². The Morgan fingerprint density at radius 1 is 1.57 bits per heavy atom. The van der Waals surface area contributed by atoms with Crippen molar-refractivity contribution in [1.29, 1.82) is 0 Å². The molecule has 0 heterocycles. The average Bonchev–Trinajstić information content (AvgIpc) is 2.11. The van der Waals surface area contributed by atoms with Gasteiger partial charge in [0.1, 0.15) is 5.75 Å². The van der Waals surface area contributed by atoms with Crippen LogP contribution in [0.3, 0.4) is 0 Å². The van der Waals surface area contributed by atoms with Gasteiger partial charge < -0.3 is 15.9 Å². The number of benzene rings is 1. The van der Waals surface area contributed by atoms with E-state index in [1.54, 1.807) is 0 Å². The molecule has 0 aliphatic carbocycles. The van der Waals surface area contributed by atoms with E-state index in [4.69, 9.17) is 10.8 Å². The number of nitro groups is 1. The average molecular weight is 198 g/mol. The highest BCUT2D eigenvalue weighted by Crippen LogP contribution is 2.21. The number of aliphatic hydroxyl groups is 1. The summed E-state index contributed by atoms with van der Waals surface area (Å²) in [5.41, 5.74) is 6.06. The van der Waals surface area contributed by atoms with Crippen molar-refractivity contribution < 1.29 is 15.1 Å². The highest BCUT2D eigenvalue weighted by Gasteiger charge is 2.17. The molecule has 0 aromatic heterocycles. The van der Waals surface area contributed by atoms with Gasteiger partial charge in [-0.2, -0.15) is 0 Å². The van der Waals surface area contributed by atoms with Gasteiger partial charge in [0.2, 0.25) is 0 Å². The fraction of sp³-hybridized carbons (Fsp3) is 0.250. The molecule has 0 saturated heterocycles. The second-order valence-corrected chi connectivity index (χ2v) is 2.86. The molecule has 14 heavy (non-hydrogen) atoms. The lowest BCUT2D eigenvalue weighted by molar-refractivity contribution is -0.569. The number of aromatic hydroxyl groups is 1. The maximum absolute atomic E-state index is 10.1. The molecule has 6 nitrogen and oxygen atoms in total. The molecule has 1 unspecified atom stereocenters. The summed E-state index contributed by atoms with van der Waals surface area (Å²) in [4.78, 5) is 9.31. The third-order valence-corrected chi connectivity index (χ3v) is 1.75. The summed E-state index contributed by atoms with van der Waals surface area (Å²) in [6.07, 6.45) is -1.98. The van der Waals surface area contributed by atoms with Gasteiger partial charge in [-0.15, -0.1) is 0 Å². The molecule has 1 aromatic carbocycles. The first kappa shape index (κ1) is 10.3. The SMILES string of the molecule is Nc1ccc(O)c(CC(O)[N+](=O)[O-])c1. The van der Waals surface area contributed by atoms with E-state index in [0.29, 0.717) is 5.69 Å². The second-order valence-electron chi connectivity index (χ2n) is 2.86. The number of phenolic OH excluding ortho intramolecular Hbond substituents is 1. The molecule has 1 aromatic rings. The highest BCUT2D eigenvalue weighted by atomic mass is 16.7. The van der Waals surface area contributed by atoms with Crippen molar-refractivity contribution in [2.24, 2.45) is 0 Å². The first-order chi connectivity index (χ1) is 6.50. The van der Waals surface area contributed by atoms with Gasteiger partial charge in [0.25, 0.3) is 0 Å². The van der Waals surface area contributed by atoms with Crippen molar-refractivity contribution >= 4 is 5.69 Å². The number of rotatable bonds is 3. The van der Waals surface area contributed by atoms with E-state index in [-0.39, 0.29) is 17.7 Å². The highest BCUT2D eigenvalue weighted by molar-refractivity contribution is 5.47. The van der Waals surface area contributed by atoms with Crippen molar-refractivity contribution in [3.8, 4) is 5.75 Å². The molecule has 4 N–H and O–H groups in total. The standard InChI is InChI=1S/C8H10N2O4/c9-6-1-2-7(11)5(3-6)4-8(12)10(13)14/h1-3,8,11-12H,4,9H2. The second kappa shape index (κ2) is 3.93. The van der Waals surface area contributed by atoms with Crippen molar-refractivity contribution in [2.45, 2.75) is 12.6 Å². The quantitative estimate of drug-likeness (QED) is 0.210. The Balaban J connectivity index is 2.85. The topological polar surface area (TPSA) is 110 Å². The normalized spacial score (nSPS) is 12.4. The molecule has 0 fully saturated rings. The zero-order valence-corrected chi connectivity index (χ0v) is 7.25. The summed E-state index contributed by atoms with van der Waals surface area (Å²) in [5.74, 6) is -0.111. The van der Waals surface area contributed by atoms with Crippen LogP contribution in [0.25, 0.3) is 0 Å². The lowest BCUT2D eigenvalue weighted by atomic mass is 10.1. The molecule has 0 aliphatic heterocycles. The molecule has 0 bridgehead atoms. The van der Waals surface area contributed by atoms with Crippen LogP contribution in [-0.2, 0) is 6.42 Å². The van der Waals surface area contributed by atoms with Crippen molar-refractivity contribution in [3.63, 3.8) is 0 Å². The third kappa shape index (κ3) is 2.33. The van der Waals surface area contributed by atoms with E-state index in [1.807, 2.05) is 0 Å². The molecular weight excluding hydrogens is 188 g/mol. The Hall–Kier alpha value is -1.82. The van der Waals surface area contributed by atoms with Crippen LogP contribution in [0.15, 0.2) is 18.2 Å². The summed E-state index contributed by atoms with van der Waals surface area (Å²) >= 11 is 0. The lowest BCUT2D eigenvalue weighted by Crippen LogP contribution is -2.21. The number of aliphatic hydroxyl groups excluding tert-OH is 1. The summed E-state index contributed by atoms with van der Waals surface area (Å²) < 4.78 is 0. The number of phenols is 1. The Morgan fingerprint density at radius 3 is 2.79 bits per heavy atom. The molecule has 0 amide bonds. The Kier molecular flexibility index (Phi) is 2.88. The van der Waals surface area contributed by atoms with Crippen LogP contribution in [0.5, 0.6) is 5.75 Å². The molecule has 6 heteroatoms. The predicted octanol–water partition coefficient (Wildman–Crippen LogP) is 0.112. The van der Waals surface area contributed by atoms with Crippen molar-refractivity contribution in [3.05, 3.63) is 33.9 Å². The lowest BCUT2D eigenvalue weighted by Gasteiger charge is -2.05. The Bertz CT molecular complexity index is 353. The maximum atomic E-state index is 10.1. The van der Waals surface area contributed by atoms with Crippen LogP contribution in [0, 0.1) is 10.1 Å². The Labute approximate surface area is 79.7 Å². The molecule has 0 spiro atoms. The van der Waals surface area contributed by atoms with Gasteiger partial charge >= 0.3 is 6.23 Å². The predicted molar refractivity (Wildman–Crippen MR) is 49.2 cm³/mol. The Morgan fingerprint density at radius 2 is 2.21 bits per heavy atom. The van der Waals surface area contributed by atoms with E-state index in [0.717, 1.165) is 0 Å². The van der Waals surface area contributed by atoms with Gasteiger partial charge in [-0.05, 0) is 18.2 Å². The molecular formula is C8H10N2O4. The number of hydrogen-bond acceptors (Lipinski definition) is 5. The van der Waals surface area contributed by atoms with E-state index >= 15 is 0 Å². The van der Waals surface area contributed by atoms with Gasteiger partial charge in [0.05, 0.1) is 11.3 Å². The molecule has 0 aliphatic rings. The third-order valence-electron chi connectivity index (χ3n) is 1.75. The number of hydrogen-bond donors (Lipinski definition) is 3. The zero-order chi connectivity index (χ0) is 10.7. The first-order valence-corrected chi connectivity index (χ1v) is 3.89. The van der Waals surface area contributed by atoms with E-state index in [1.165, 1.54) is 18.2 Å². The minimum Gasteiger partial charge on any atom is -0.508 e. The van der Waals surface area contributed by atoms with E-state index in [9.17, 15) is 15.2 Å². The number of nitrogen functional groups attached to an aromatic ring is 1. The summed E-state index contributed by atoms with van der Waals surface area (Å²) in [7, 11) is 0. The zero-order valence-electron chi connectivity index (χ0n) is 7.25. The minimum atomic E-state index is -1.72. The van der Waals surface area contributed by atoms with E-state index < -0.39 is 11.2 Å². The van der Waals surface area contributed by atoms with Gasteiger partial charge in [-0.3, -0.25) is 10.1 Å². The van der Waals surface area contributed by atoms with E-state index in [2.05, 4.69) is 0 Å². The smallest absolute Gasteiger partial charge is 0.317 e. The molecule has 1 rings (SSSR count). The molecule has 1 atom stereocenters. The van der Waals surface area contributed by atoms with Crippen molar-refractivity contribution in [2.75, 3.05) is 5.73 Å². The van der Waals surface area contributed by atoms with Crippen LogP contribution < -0.4 is 5.73 Å². The van der Waals surface area contributed by atoms with Gasteiger partial charge in [0, 0.05) is 11.3 Å².